The number of halogens is 1. The highest BCUT2D eigenvalue weighted by Gasteiger charge is 2.19. The molecule has 0 unspecified atom stereocenters. The molecule has 1 aliphatic rings. The topological polar surface area (TPSA) is 93.7 Å². The third kappa shape index (κ3) is 4.30. The lowest BCUT2D eigenvalue weighted by Gasteiger charge is -2.18. The molecule has 0 spiro atoms. The summed E-state index contributed by atoms with van der Waals surface area (Å²) in [7, 11) is -3.81. The minimum atomic E-state index is -3.81. The van der Waals surface area contributed by atoms with Crippen LogP contribution in [0.1, 0.15) is 6.42 Å². The molecule has 0 bridgehead atoms. The maximum Gasteiger partial charge on any atom is 0.240 e. The number of ether oxygens (including phenoxy) is 2. The number of hydrogen-bond acceptors (Lipinski definition) is 5. The SMILES string of the molecule is O=C(CCNS(=O)(=O)c1ccc2c(c1)OCCO2)Nc1ccccc1F. The second-order valence-corrected chi connectivity index (χ2v) is 7.25. The Hall–Kier alpha value is -2.65. The molecule has 0 fully saturated rings. The molecule has 9 heteroatoms. The van der Waals surface area contributed by atoms with Gasteiger partial charge in [0.15, 0.2) is 11.5 Å². The van der Waals surface area contributed by atoms with Crippen molar-refractivity contribution in [3.05, 3.63) is 48.3 Å². The summed E-state index contributed by atoms with van der Waals surface area (Å²) in [6.45, 7) is 0.631. The number of anilines is 1. The molecule has 2 aromatic rings. The smallest absolute Gasteiger partial charge is 0.240 e. The van der Waals surface area contributed by atoms with Crippen molar-refractivity contribution in [1.82, 2.24) is 4.72 Å². The van der Waals surface area contributed by atoms with Crippen LogP contribution in [0.2, 0.25) is 0 Å². The molecular weight excluding hydrogens is 363 g/mol. The van der Waals surface area contributed by atoms with E-state index in [0.29, 0.717) is 24.7 Å². The quantitative estimate of drug-likeness (QED) is 0.798. The molecule has 0 aliphatic carbocycles. The molecule has 0 aromatic heterocycles. The fourth-order valence-corrected chi connectivity index (χ4v) is 3.40. The van der Waals surface area contributed by atoms with E-state index < -0.39 is 21.7 Å². The van der Waals surface area contributed by atoms with Crippen molar-refractivity contribution in [1.29, 1.82) is 0 Å². The van der Waals surface area contributed by atoms with E-state index in [0.717, 1.165) is 0 Å². The number of benzene rings is 2. The first-order valence-electron chi connectivity index (χ1n) is 7.89. The van der Waals surface area contributed by atoms with Gasteiger partial charge in [-0.3, -0.25) is 4.79 Å². The average Bonchev–Trinajstić information content (AvgIpc) is 2.63. The van der Waals surface area contributed by atoms with Crippen LogP contribution < -0.4 is 19.5 Å². The summed E-state index contributed by atoms with van der Waals surface area (Å²) in [5.41, 5.74) is 0.0483. The molecule has 138 valence electrons. The van der Waals surface area contributed by atoms with Crippen LogP contribution >= 0.6 is 0 Å². The van der Waals surface area contributed by atoms with E-state index in [2.05, 4.69) is 10.0 Å². The monoisotopic (exact) mass is 380 g/mol. The van der Waals surface area contributed by atoms with Crippen molar-refractivity contribution in [2.24, 2.45) is 0 Å². The van der Waals surface area contributed by atoms with Crippen LogP contribution in [0.4, 0.5) is 10.1 Å². The van der Waals surface area contributed by atoms with Gasteiger partial charge in [0.2, 0.25) is 15.9 Å². The van der Waals surface area contributed by atoms with E-state index in [4.69, 9.17) is 9.47 Å². The first-order chi connectivity index (χ1) is 12.5. The molecule has 0 radical (unpaired) electrons. The van der Waals surface area contributed by atoms with Crippen molar-refractivity contribution in [2.75, 3.05) is 25.1 Å². The van der Waals surface area contributed by atoms with Crippen molar-refractivity contribution in [3.8, 4) is 11.5 Å². The highest BCUT2D eigenvalue weighted by Crippen LogP contribution is 2.32. The Balaban J connectivity index is 1.57. The first-order valence-corrected chi connectivity index (χ1v) is 9.38. The largest absolute Gasteiger partial charge is 0.486 e. The van der Waals surface area contributed by atoms with Gasteiger partial charge in [-0.15, -0.1) is 0 Å². The fourth-order valence-electron chi connectivity index (χ4n) is 2.35. The predicted molar refractivity (Wildman–Crippen MR) is 92.3 cm³/mol. The van der Waals surface area contributed by atoms with Crippen LogP contribution in [0.5, 0.6) is 11.5 Å². The summed E-state index contributed by atoms with van der Waals surface area (Å²) >= 11 is 0. The van der Waals surface area contributed by atoms with Crippen molar-refractivity contribution >= 4 is 21.6 Å². The summed E-state index contributed by atoms with van der Waals surface area (Å²) in [6, 6.07) is 10.0. The Morgan fingerprint density at radius 2 is 1.81 bits per heavy atom. The molecule has 2 aromatic carbocycles. The van der Waals surface area contributed by atoms with Crippen LogP contribution in [0.3, 0.4) is 0 Å². The molecule has 1 amide bonds. The molecule has 1 aliphatic heterocycles. The molecule has 0 atom stereocenters. The van der Waals surface area contributed by atoms with Crippen molar-refractivity contribution < 1.29 is 27.1 Å². The number of carbonyl (C=O) groups excluding carboxylic acids is 1. The first kappa shape index (κ1) is 18.2. The highest BCUT2D eigenvalue weighted by atomic mass is 32.2. The number of hydrogen-bond donors (Lipinski definition) is 2. The molecule has 2 N–H and O–H groups in total. The van der Waals surface area contributed by atoms with Crippen molar-refractivity contribution in [3.63, 3.8) is 0 Å². The third-order valence-corrected chi connectivity index (χ3v) is 5.07. The Labute approximate surface area is 150 Å². The molecule has 0 saturated heterocycles. The van der Waals surface area contributed by atoms with Crippen LogP contribution in [0.25, 0.3) is 0 Å². The van der Waals surface area contributed by atoms with Gasteiger partial charge in [-0.25, -0.2) is 17.5 Å². The number of para-hydroxylation sites is 1. The van der Waals surface area contributed by atoms with Gasteiger partial charge in [0.05, 0.1) is 10.6 Å². The van der Waals surface area contributed by atoms with Gasteiger partial charge in [-0.2, -0.15) is 0 Å². The lowest BCUT2D eigenvalue weighted by molar-refractivity contribution is -0.116. The standard InChI is InChI=1S/C17H17FN2O5S/c18-13-3-1-2-4-14(13)20-17(21)7-8-19-26(22,23)12-5-6-15-16(11-12)25-10-9-24-15/h1-6,11,19H,7-10H2,(H,20,21). The molecule has 1 heterocycles. The zero-order valence-electron chi connectivity index (χ0n) is 13.7. The zero-order valence-corrected chi connectivity index (χ0v) is 14.5. The van der Waals surface area contributed by atoms with E-state index in [1.807, 2.05) is 0 Å². The summed E-state index contributed by atoms with van der Waals surface area (Å²) in [5, 5.41) is 2.39. The number of rotatable bonds is 6. The van der Waals surface area contributed by atoms with Crippen LogP contribution in [0, 0.1) is 5.82 Å². The van der Waals surface area contributed by atoms with Gasteiger partial charge in [0, 0.05) is 19.0 Å². The van der Waals surface area contributed by atoms with E-state index in [-0.39, 0.29) is 23.5 Å². The maximum absolute atomic E-state index is 13.5. The Bertz CT molecular complexity index is 917. The van der Waals surface area contributed by atoms with Gasteiger partial charge in [-0.05, 0) is 24.3 Å². The van der Waals surface area contributed by atoms with Crippen molar-refractivity contribution in [2.45, 2.75) is 11.3 Å². The second-order valence-electron chi connectivity index (χ2n) is 5.48. The number of amides is 1. The summed E-state index contributed by atoms with van der Waals surface area (Å²) in [5.74, 6) is -0.214. The summed E-state index contributed by atoms with van der Waals surface area (Å²) in [4.78, 5) is 11.8. The minimum absolute atomic E-state index is 0.0104. The number of sulfonamides is 1. The van der Waals surface area contributed by atoms with Gasteiger partial charge >= 0.3 is 0 Å². The molecule has 3 rings (SSSR count). The average molecular weight is 380 g/mol. The Morgan fingerprint density at radius 1 is 1.08 bits per heavy atom. The van der Waals surface area contributed by atoms with Gasteiger partial charge in [-0.1, -0.05) is 12.1 Å². The molecule has 7 nitrogen and oxygen atoms in total. The fraction of sp³-hybridized carbons (Fsp3) is 0.235. The molecule has 0 saturated carbocycles. The Kier molecular flexibility index (Phi) is 5.38. The van der Waals surface area contributed by atoms with E-state index >= 15 is 0 Å². The van der Waals surface area contributed by atoms with Gasteiger partial charge < -0.3 is 14.8 Å². The maximum atomic E-state index is 13.5. The highest BCUT2D eigenvalue weighted by molar-refractivity contribution is 7.89. The van der Waals surface area contributed by atoms with Crippen LogP contribution in [-0.2, 0) is 14.8 Å². The van der Waals surface area contributed by atoms with E-state index in [1.54, 1.807) is 6.07 Å². The van der Waals surface area contributed by atoms with Crippen LogP contribution in [-0.4, -0.2) is 34.1 Å². The minimum Gasteiger partial charge on any atom is -0.486 e. The molecular formula is C17H17FN2O5S. The number of fused-ring (bicyclic) bond motifs is 1. The van der Waals surface area contributed by atoms with Gasteiger partial charge in [0.25, 0.3) is 0 Å². The van der Waals surface area contributed by atoms with Crippen LogP contribution in [0.15, 0.2) is 47.4 Å². The third-order valence-electron chi connectivity index (χ3n) is 3.62. The lowest BCUT2D eigenvalue weighted by atomic mass is 10.3. The van der Waals surface area contributed by atoms with E-state index in [1.165, 1.54) is 36.4 Å². The number of carbonyl (C=O) groups is 1. The summed E-state index contributed by atoms with van der Waals surface area (Å²) < 4.78 is 51.1. The summed E-state index contributed by atoms with van der Waals surface area (Å²) in [6.07, 6.45) is -0.141. The Morgan fingerprint density at radius 3 is 2.58 bits per heavy atom. The predicted octanol–water partition coefficient (Wildman–Crippen LogP) is 1.90. The zero-order chi connectivity index (χ0) is 18.6. The lowest BCUT2D eigenvalue weighted by Crippen LogP contribution is -2.28. The van der Waals surface area contributed by atoms with Gasteiger partial charge in [0.1, 0.15) is 19.0 Å². The normalized spacial score (nSPS) is 13.3. The second kappa shape index (κ2) is 7.71. The molecule has 26 heavy (non-hydrogen) atoms. The van der Waals surface area contributed by atoms with E-state index in [9.17, 15) is 17.6 Å². The number of nitrogens with one attached hydrogen (secondary N) is 2.